The van der Waals surface area contributed by atoms with Crippen molar-refractivity contribution in [1.82, 2.24) is 4.90 Å². The van der Waals surface area contributed by atoms with Crippen LogP contribution in [0.15, 0.2) is 48.5 Å². The molecule has 0 saturated carbocycles. The number of rotatable bonds is 7. The first-order valence-corrected chi connectivity index (χ1v) is 9.97. The molecule has 1 N–H and O–H groups in total. The average Bonchev–Trinajstić information content (AvgIpc) is 3.01. The van der Waals surface area contributed by atoms with Gasteiger partial charge in [0.05, 0.1) is 5.92 Å². The Balaban J connectivity index is 1.86. The lowest BCUT2D eigenvalue weighted by Gasteiger charge is -2.31. The van der Waals surface area contributed by atoms with Crippen molar-refractivity contribution >= 4 is 17.7 Å². The van der Waals surface area contributed by atoms with Crippen molar-refractivity contribution in [3.63, 3.8) is 0 Å². The van der Waals surface area contributed by atoms with Crippen LogP contribution < -0.4 is 0 Å². The van der Waals surface area contributed by atoms with Gasteiger partial charge in [-0.05, 0) is 44.0 Å². The van der Waals surface area contributed by atoms with E-state index in [1.54, 1.807) is 12.1 Å². The van der Waals surface area contributed by atoms with Crippen molar-refractivity contribution in [2.75, 3.05) is 6.54 Å². The third kappa shape index (κ3) is 4.42. The topological polar surface area (TPSA) is 74.7 Å². The molecule has 1 saturated heterocycles. The molecule has 5 nitrogen and oxygen atoms in total. The standard InChI is InChI=1S/C24H26FNO4/c1-15-4-8-17(9-5-15)21-14-26(24(2,3)23(29)30)22(28)20(21)13-19(27)12-16-6-10-18(25)11-7-16/h4-11,20-21H,12-14H2,1-3H3,(H,29,30)/t20-,21-/m0/s1. The van der Waals surface area contributed by atoms with E-state index in [1.807, 2.05) is 31.2 Å². The predicted octanol–water partition coefficient (Wildman–Crippen LogP) is 3.74. The van der Waals surface area contributed by atoms with Gasteiger partial charge in [0.1, 0.15) is 17.1 Å². The summed E-state index contributed by atoms with van der Waals surface area (Å²) >= 11 is 0. The van der Waals surface area contributed by atoms with Crippen molar-refractivity contribution in [2.45, 2.75) is 45.1 Å². The summed E-state index contributed by atoms with van der Waals surface area (Å²) in [6.07, 6.45) is 0.119. The van der Waals surface area contributed by atoms with Crippen LogP contribution in [0.25, 0.3) is 0 Å². The number of halogens is 1. The third-order valence-corrected chi connectivity index (χ3v) is 5.91. The Morgan fingerprint density at radius 2 is 1.70 bits per heavy atom. The van der Waals surface area contributed by atoms with E-state index in [9.17, 15) is 23.9 Å². The van der Waals surface area contributed by atoms with Gasteiger partial charge in [-0.15, -0.1) is 0 Å². The molecule has 1 fully saturated rings. The summed E-state index contributed by atoms with van der Waals surface area (Å²) in [6, 6.07) is 13.5. The first-order chi connectivity index (χ1) is 14.1. The van der Waals surface area contributed by atoms with Gasteiger partial charge < -0.3 is 10.0 Å². The molecule has 30 heavy (non-hydrogen) atoms. The maximum atomic E-state index is 13.2. The van der Waals surface area contributed by atoms with Crippen LogP contribution in [0.5, 0.6) is 0 Å². The maximum Gasteiger partial charge on any atom is 0.329 e. The number of likely N-dealkylation sites (tertiary alicyclic amines) is 1. The summed E-state index contributed by atoms with van der Waals surface area (Å²) < 4.78 is 13.1. The van der Waals surface area contributed by atoms with Gasteiger partial charge in [-0.1, -0.05) is 42.0 Å². The molecule has 1 aliphatic heterocycles. The molecular weight excluding hydrogens is 385 g/mol. The fraction of sp³-hybridized carbons (Fsp3) is 0.375. The number of Topliss-reactive ketones (excluding diaryl/α,β-unsaturated/α-hetero) is 1. The van der Waals surface area contributed by atoms with Crippen molar-refractivity contribution in [3.05, 3.63) is 71.0 Å². The number of benzene rings is 2. The largest absolute Gasteiger partial charge is 0.480 e. The number of carbonyl (C=O) groups is 3. The van der Waals surface area contributed by atoms with Crippen LogP contribution >= 0.6 is 0 Å². The summed E-state index contributed by atoms with van der Waals surface area (Å²) in [5.74, 6) is -2.81. The lowest BCUT2D eigenvalue weighted by Crippen LogP contribution is -2.51. The van der Waals surface area contributed by atoms with Gasteiger partial charge in [-0.25, -0.2) is 9.18 Å². The van der Waals surface area contributed by atoms with Crippen molar-refractivity contribution in [1.29, 1.82) is 0 Å². The average molecular weight is 411 g/mol. The minimum absolute atomic E-state index is 0.0148. The number of ketones is 1. The highest BCUT2D eigenvalue weighted by molar-refractivity contribution is 5.93. The van der Waals surface area contributed by atoms with Gasteiger partial charge in [0, 0.05) is 25.3 Å². The monoisotopic (exact) mass is 411 g/mol. The Kier molecular flexibility index (Phi) is 6.06. The first-order valence-electron chi connectivity index (χ1n) is 9.97. The SMILES string of the molecule is Cc1ccc([C@@H]2CN(C(C)(C)C(=O)O)C(=O)[C@H]2CC(=O)Cc2ccc(F)cc2)cc1. The van der Waals surface area contributed by atoms with Crippen molar-refractivity contribution in [2.24, 2.45) is 5.92 Å². The summed E-state index contributed by atoms with van der Waals surface area (Å²) in [5.41, 5.74) is 1.31. The normalized spacial score (nSPS) is 19.2. The summed E-state index contributed by atoms with van der Waals surface area (Å²) in [7, 11) is 0. The van der Waals surface area contributed by atoms with Crippen LogP contribution in [-0.4, -0.2) is 39.7 Å². The molecule has 1 aliphatic rings. The minimum Gasteiger partial charge on any atom is -0.480 e. The Bertz CT molecular complexity index is 950. The van der Waals surface area contributed by atoms with Gasteiger partial charge in [-0.2, -0.15) is 0 Å². The predicted molar refractivity (Wildman–Crippen MR) is 111 cm³/mol. The van der Waals surface area contributed by atoms with Gasteiger partial charge in [-0.3, -0.25) is 9.59 Å². The summed E-state index contributed by atoms with van der Waals surface area (Å²) in [6.45, 7) is 5.22. The molecule has 0 spiro atoms. The molecule has 0 unspecified atom stereocenters. The number of carbonyl (C=O) groups excluding carboxylic acids is 2. The number of aliphatic carboxylic acids is 1. The van der Waals surface area contributed by atoms with Gasteiger partial charge in [0.15, 0.2) is 0 Å². The van der Waals surface area contributed by atoms with Crippen LogP contribution in [0.4, 0.5) is 4.39 Å². The molecule has 158 valence electrons. The van der Waals surface area contributed by atoms with E-state index in [-0.39, 0.29) is 42.8 Å². The molecule has 1 amide bonds. The quantitative estimate of drug-likeness (QED) is 0.753. The number of carboxylic acids is 1. The molecule has 2 aromatic carbocycles. The van der Waals surface area contributed by atoms with Gasteiger partial charge in [0.25, 0.3) is 0 Å². The highest BCUT2D eigenvalue weighted by Gasteiger charge is 2.49. The fourth-order valence-corrected chi connectivity index (χ4v) is 3.93. The van der Waals surface area contributed by atoms with Crippen LogP contribution in [-0.2, 0) is 20.8 Å². The lowest BCUT2D eigenvalue weighted by molar-refractivity contribution is -0.155. The number of amides is 1. The zero-order chi connectivity index (χ0) is 22.1. The fourth-order valence-electron chi connectivity index (χ4n) is 3.93. The summed E-state index contributed by atoms with van der Waals surface area (Å²) in [4.78, 5) is 39.1. The van der Waals surface area contributed by atoms with Gasteiger partial charge in [0.2, 0.25) is 5.91 Å². The second kappa shape index (κ2) is 8.38. The number of hydrogen-bond donors (Lipinski definition) is 1. The Morgan fingerprint density at radius 1 is 1.10 bits per heavy atom. The molecule has 0 bridgehead atoms. The minimum atomic E-state index is -1.37. The van der Waals surface area contributed by atoms with Gasteiger partial charge >= 0.3 is 5.97 Å². The van der Waals surface area contributed by atoms with E-state index >= 15 is 0 Å². The Morgan fingerprint density at radius 3 is 2.27 bits per heavy atom. The van der Waals surface area contributed by atoms with Crippen molar-refractivity contribution in [3.8, 4) is 0 Å². The Labute approximate surface area is 175 Å². The number of aryl methyl sites for hydroxylation is 1. The van der Waals surface area contributed by atoms with Crippen LogP contribution in [0.3, 0.4) is 0 Å². The molecular formula is C24H26FNO4. The van der Waals surface area contributed by atoms with E-state index < -0.39 is 17.4 Å². The van der Waals surface area contributed by atoms with E-state index in [0.717, 1.165) is 11.1 Å². The lowest BCUT2D eigenvalue weighted by atomic mass is 9.84. The smallest absolute Gasteiger partial charge is 0.329 e. The molecule has 0 aromatic heterocycles. The number of hydrogen-bond acceptors (Lipinski definition) is 3. The number of carboxylic acid groups (broad SMARTS) is 1. The van der Waals surface area contributed by atoms with Crippen molar-refractivity contribution < 1.29 is 23.9 Å². The maximum absolute atomic E-state index is 13.2. The molecule has 3 rings (SSSR count). The second-order valence-electron chi connectivity index (χ2n) is 8.48. The molecule has 1 heterocycles. The van der Waals surface area contributed by atoms with Crippen LogP contribution in [0.1, 0.15) is 42.9 Å². The molecule has 2 aromatic rings. The van der Waals surface area contributed by atoms with E-state index in [0.29, 0.717) is 5.56 Å². The van der Waals surface area contributed by atoms with Crippen LogP contribution in [0, 0.1) is 18.7 Å². The number of nitrogens with zero attached hydrogens (tertiary/aromatic N) is 1. The Hall–Kier alpha value is -3.02. The zero-order valence-corrected chi connectivity index (χ0v) is 17.4. The molecule has 0 radical (unpaired) electrons. The molecule has 6 heteroatoms. The zero-order valence-electron chi connectivity index (χ0n) is 17.4. The van der Waals surface area contributed by atoms with E-state index in [4.69, 9.17) is 0 Å². The highest BCUT2D eigenvalue weighted by atomic mass is 19.1. The van der Waals surface area contributed by atoms with E-state index in [2.05, 4.69) is 0 Å². The van der Waals surface area contributed by atoms with E-state index in [1.165, 1.54) is 30.9 Å². The molecule has 2 atom stereocenters. The first kappa shape index (κ1) is 21.7. The summed E-state index contributed by atoms with van der Waals surface area (Å²) in [5, 5.41) is 9.61. The second-order valence-corrected chi connectivity index (χ2v) is 8.48. The molecule has 0 aliphatic carbocycles. The third-order valence-electron chi connectivity index (χ3n) is 5.91. The van der Waals surface area contributed by atoms with Crippen LogP contribution in [0.2, 0.25) is 0 Å². The highest BCUT2D eigenvalue weighted by Crippen LogP contribution is 2.39.